The van der Waals surface area contributed by atoms with E-state index in [1.165, 1.54) is 6.07 Å². The molecule has 1 N–H and O–H groups in total. The molecule has 0 saturated carbocycles. The van der Waals surface area contributed by atoms with Gasteiger partial charge in [0.05, 0.1) is 16.8 Å². The molecular weight excluding hydrogens is 304 g/mol. The number of halogens is 2. The monoisotopic (exact) mass is 308 g/mol. The Morgan fingerprint density at radius 2 is 2.20 bits per heavy atom. The normalized spacial score (nSPS) is 10.7. The Bertz CT molecular complexity index is 510. The Morgan fingerprint density at radius 1 is 1.53 bits per heavy atom. The fourth-order valence-electron chi connectivity index (χ4n) is 0.860. The molecule has 4 nitrogen and oxygen atoms in total. The lowest BCUT2D eigenvalue weighted by Gasteiger charge is -2.05. The van der Waals surface area contributed by atoms with Gasteiger partial charge in [0.15, 0.2) is 5.75 Å². The number of benzene rings is 1. The molecule has 0 unspecified atom stereocenters. The molecule has 0 spiro atoms. The van der Waals surface area contributed by atoms with E-state index in [1.807, 2.05) is 0 Å². The minimum Gasteiger partial charge on any atom is -0.283 e. The van der Waals surface area contributed by atoms with Crippen LogP contribution in [0, 0.1) is 11.3 Å². The number of anilines is 1. The summed E-state index contributed by atoms with van der Waals surface area (Å²) in [7, 11) is -3.60. The molecule has 0 radical (unpaired) electrons. The molecule has 0 saturated heterocycles. The molecule has 0 aliphatic heterocycles. The van der Waals surface area contributed by atoms with Crippen LogP contribution in [0.4, 0.5) is 5.69 Å². The van der Waals surface area contributed by atoms with E-state index in [1.54, 1.807) is 18.2 Å². The molecule has 0 atom stereocenters. The van der Waals surface area contributed by atoms with Crippen LogP contribution in [-0.2, 0) is 10.0 Å². The zero-order valence-electron chi connectivity index (χ0n) is 7.37. The van der Waals surface area contributed by atoms with E-state index in [4.69, 9.17) is 16.9 Å². The second kappa shape index (κ2) is 4.84. The molecule has 0 amide bonds. The highest BCUT2D eigenvalue weighted by molar-refractivity contribution is 9.10. The van der Waals surface area contributed by atoms with Crippen LogP contribution in [0.15, 0.2) is 22.7 Å². The number of hydrogen-bond donors (Lipinski definition) is 1. The maximum absolute atomic E-state index is 11.2. The average Bonchev–Trinajstić information content (AvgIpc) is 2.10. The third kappa shape index (κ3) is 3.70. The first-order valence-corrected chi connectivity index (χ1v) is 6.59. The van der Waals surface area contributed by atoms with Gasteiger partial charge in [-0.05, 0) is 34.1 Å². The number of nitrogens with zero attached hydrogens (tertiary/aromatic N) is 1. The first-order valence-electron chi connectivity index (χ1n) is 3.77. The molecule has 0 bridgehead atoms. The van der Waals surface area contributed by atoms with Crippen LogP contribution in [0.25, 0.3) is 0 Å². The quantitative estimate of drug-likeness (QED) is 0.932. The minimum absolute atomic E-state index is 0.332. The maximum Gasteiger partial charge on any atom is 0.246 e. The van der Waals surface area contributed by atoms with E-state index in [0.717, 1.165) is 0 Å². The summed E-state index contributed by atoms with van der Waals surface area (Å²) < 4.78 is 25.3. The summed E-state index contributed by atoms with van der Waals surface area (Å²) in [6.45, 7) is 0. The zero-order valence-corrected chi connectivity index (χ0v) is 10.5. The lowest BCUT2D eigenvalue weighted by Crippen LogP contribution is -2.15. The summed E-state index contributed by atoms with van der Waals surface area (Å²) >= 11 is 8.95. The molecule has 7 heteroatoms. The maximum atomic E-state index is 11.2. The van der Waals surface area contributed by atoms with E-state index in [-0.39, 0.29) is 0 Å². The van der Waals surface area contributed by atoms with Crippen LogP contribution >= 0.6 is 27.5 Å². The zero-order chi connectivity index (χ0) is 11.5. The van der Waals surface area contributed by atoms with Crippen LogP contribution in [0.1, 0.15) is 0 Å². The highest BCUT2D eigenvalue weighted by Gasteiger charge is 2.09. The van der Waals surface area contributed by atoms with Gasteiger partial charge in [0.1, 0.15) is 0 Å². The number of nitrogens with one attached hydrogen (secondary N) is 1. The van der Waals surface area contributed by atoms with Gasteiger partial charge in [0.25, 0.3) is 0 Å². The van der Waals surface area contributed by atoms with E-state index >= 15 is 0 Å². The van der Waals surface area contributed by atoms with Crippen molar-refractivity contribution in [3.8, 4) is 6.07 Å². The second-order valence-corrected chi connectivity index (χ2v) is 5.63. The first kappa shape index (κ1) is 12.3. The summed E-state index contributed by atoms with van der Waals surface area (Å²) in [6.07, 6.45) is 0. The molecule has 0 aromatic heterocycles. The molecular formula is C8H6BrClN2O2S. The highest BCUT2D eigenvalue weighted by atomic mass is 79.9. The van der Waals surface area contributed by atoms with Crippen molar-refractivity contribution < 1.29 is 8.42 Å². The van der Waals surface area contributed by atoms with Crippen LogP contribution < -0.4 is 4.72 Å². The van der Waals surface area contributed by atoms with Crippen molar-refractivity contribution in [2.75, 3.05) is 10.5 Å². The SMILES string of the molecule is N#CCS(=O)(=O)Nc1ccc(Br)c(Cl)c1. The van der Waals surface area contributed by atoms with E-state index in [0.29, 0.717) is 15.2 Å². The van der Waals surface area contributed by atoms with Gasteiger partial charge >= 0.3 is 0 Å². The lowest BCUT2D eigenvalue weighted by atomic mass is 10.3. The third-order valence-electron chi connectivity index (χ3n) is 1.45. The van der Waals surface area contributed by atoms with E-state index < -0.39 is 15.8 Å². The van der Waals surface area contributed by atoms with Crippen LogP contribution in [0.2, 0.25) is 5.02 Å². The van der Waals surface area contributed by atoms with Gasteiger partial charge in [-0.25, -0.2) is 8.42 Å². The van der Waals surface area contributed by atoms with Crippen molar-refractivity contribution in [3.63, 3.8) is 0 Å². The lowest BCUT2D eigenvalue weighted by molar-refractivity contribution is 0.604. The Kier molecular flexibility index (Phi) is 3.97. The molecule has 80 valence electrons. The molecule has 1 aromatic rings. The standard InChI is InChI=1S/C8H6BrClN2O2S/c9-7-2-1-6(5-8(7)10)12-15(13,14)4-3-11/h1-2,5,12H,4H2. The summed E-state index contributed by atoms with van der Waals surface area (Å²) in [5, 5.41) is 8.67. The van der Waals surface area contributed by atoms with E-state index in [9.17, 15) is 8.42 Å². The van der Waals surface area contributed by atoms with Gasteiger partial charge in [-0.15, -0.1) is 0 Å². The average molecular weight is 310 g/mol. The topological polar surface area (TPSA) is 70.0 Å². The fourth-order valence-corrected chi connectivity index (χ4v) is 2.02. The molecule has 15 heavy (non-hydrogen) atoms. The molecule has 1 rings (SSSR count). The smallest absolute Gasteiger partial charge is 0.246 e. The van der Waals surface area contributed by atoms with Gasteiger partial charge in [0.2, 0.25) is 10.0 Å². The molecule has 1 aromatic carbocycles. The van der Waals surface area contributed by atoms with Gasteiger partial charge < -0.3 is 0 Å². The number of sulfonamides is 1. The third-order valence-corrected chi connectivity index (χ3v) is 3.74. The van der Waals surface area contributed by atoms with Gasteiger partial charge in [-0.3, -0.25) is 4.72 Å². The van der Waals surface area contributed by atoms with Crippen molar-refractivity contribution >= 4 is 43.2 Å². The van der Waals surface area contributed by atoms with Crippen LogP contribution in [0.3, 0.4) is 0 Å². The Morgan fingerprint density at radius 3 is 2.73 bits per heavy atom. The molecule has 0 aliphatic rings. The van der Waals surface area contributed by atoms with Crippen molar-refractivity contribution in [1.29, 1.82) is 5.26 Å². The summed E-state index contributed by atoms with van der Waals surface area (Å²) in [4.78, 5) is 0. The van der Waals surface area contributed by atoms with Gasteiger partial charge in [-0.1, -0.05) is 11.6 Å². The number of rotatable bonds is 3. The Labute approximate surface area is 101 Å². The fraction of sp³-hybridized carbons (Fsp3) is 0.125. The molecule has 0 aliphatic carbocycles. The summed E-state index contributed by atoms with van der Waals surface area (Å²) in [5.74, 6) is -0.583. The Balaban J connectivity index is 2.92. The molecule has 0 fully saturated rings. The number of nitriles is 1. The largest absolute Gasteiger partial charge is 0.283 e. The van der Waals surface area contributed by atoms with Crippen molar-refractivity contribution in [2.24, 2.45) is 0 Å². The van der Waals surface area contributed by atoms with Crippen molar-refractivity contribution in [1.82, 2.24) is 0 Å². The molecule has 0 heterocycles. The van der Waals surface area contributed by atoms with Gasteiger partial charge in [-0.2, -0.15) is 5.26 Å². The Hall–Kier alpha value is -0.770. The summed E-state index contributed by atoms with van der Waals surface area (Å²) in [6, 6.07) is 6.18. The van der Waals surface area contributed by atoms with Crippen molar-refractivity contribution in [2.45, 2.75) is 0 Å². The predicted molar refractivity (Wildman–Crippen MR) is 62.2 cm³/mol. The van der Waals surface area contributed by atoms with Gasteiger partial charge in [0, 0.05) is 4.47 Å². The number of hydrogen-bond acceptors (Lipinski definition) is 3. The van der Waals surface area contributed by atoms with Crippen molar-refractivity contribution in [3.05, 3.63) is 27.7 Å². The van der Waals surface area contributed by atoms with Crippen LogP contribution in [0.5, 0.6) is 0 Å². The highest BCUT2D eigenvalue weighted by Crippen LogP contribution is 2.25. The van der Waals surface area contributed by atoms with Crippen LogP contribution in [-0.4, -0.2) is 14.2 Å². The summed E-state index contributed by atoms with van der Waals surface area (Å²) in [5.41, 5.74) is 0.332. The first-order chi connectivity index (χ1) is 6.94. The van der Waals surface area contributed by atoms with E-state index in [2.05, 4.69) is 20.7 Å². The minimum atomic E-state index is -3.60. The second-order valence-electron chi connectivity index (χ2n) is 2.65. The predicted octanol–water partition coefficient (Wildman–Crippen LogP) is 2.37.